The first kappa shape index (κ1) is 17.4. The molecule has 0 aliphatic carbocycles. The van der Waals surface area contributed by atoms with E-state index < -0.39 is 0 Å². The van der Waals surface area contributed by atoms with Crippen LogP contribution < -0.4 is 5.32 Å². The molecule has 1 saturated heterocycles. The molecule has 3 heterocycles. The van der Waals surface area contributed by atoms with Gasteiger partial charge in [0.25, 0.3) is 0 Å². The van der Waals surface area contributed by atoms with Gasteiger partial charge in [-0.25, -0.2) is 4.79 Å². The maximum atomic E-state index is 12.4. The second-order valence-electron chi connectivity index (χ2n) is 6.82. The fourth-order valence-corrected chi connectivity index (χ4v) is 3.59. The van der Waals surface area contributed by atoms with E-state index in [-0.39, 0.29) is 6.03 Å². The van der Waals surface area contributed by atoms with E-state index in [1.165, 1.54) is 5.56 Å². The topological polar surface area (TPSA) is 77.2 Å². The Morgan fingerprint density at radius 1 is 1.48 bits per heavy atom. The molecule has 1 aliphatic heterocycles. The van der Waals surface area contributed by atoms with Crippen molar-refractivity contribution in [3.05, 3.63) is 47.5 Å². The monoisotopic (exact) mass is 342 g/mol. The van der Waals surface area contributed by atoms with Gasteiger partial charge in [-0.2, -0.15) is 5.10 Å². The molecule has 25 heavy (non-hydrogen) atoms. The molecule has 0 radical (unpaired) electrons. The summed E-state index contributed by atoms with van der Waals surface area (Å²) in [7, 11) is 4.00. The number of carbonyl (C=O) groups excluding carboxylic acids is 1. The number of aryl methyl sites for hydroxylation is 1. The van der Waals surface area contributed by atoms with E-state index >= 15 is 0 Å². The number of urea groups is 1. The molecule has 0 saturated carbocycles. The summed E-state index contributed by atoms with van der Waals surface area (Å²) < 4.78 is 0. The van der Waals surface area contributed by atoms with Crippen molar-refractivity contribution in [3.63, 3.8) is 0 Å². The van der Waals surface area contributed by atoms with E-state index in [0.29, 0.717) is 18.5 Å². The third-order valence-electron chi connectivity index (χ3n) is 5.02. The lowest BCUT2D eigenvalue weighted by Crippen LogP contribution is -2.40. The van der Waals surface area contributed by atoms with Gasteiger partial charge in [0.15, 0.2) is 0 Å². The normalized spacial score (nSPS) is 20.6. The molecular weight excluding hydrogens is 316 g/mol. The molecule has 0 unspecified atom stereocenters. The average Bonchev–Trinajstić information content (AvgIpc) is 3.19. The SMILES string of the molecule is Cc1[nH]ncc1CNC(=O)N(C)C[C@@H]1CCN(C)[C@H]1c1cccnc1. The van der Waals surface area contributed by atoms with Crippen LogP contribution in [0, 0.1) is 12.8 Å². The predicted molar refractivity (Wildman–Crippen MR) is 95.9 cm³/mol. The Balaban J connectivity index is 1.58. The van der Waals surface area contributed by atoms with Crippen LogP contribution in [0.2, 0.25) is 0 Å². The van der Waals surface area contributed by atoms with Gasteiger partial charge < -0.3 is 10.2 Å². The van der Waals surface area contributed by atoms with Crippen LogP contribution in [0.15, 0.2) is 30.7 Å². The number of rotatable bonds is 5. The minimum absolute atomic E-state index is 0.0555. The van der Waals surface area contributed by atoms with Crippen molar-refractivity contribution in [2.24, 2.45) is 5.92 Å². The van der Waals surface area contributed by atoms with Crippen LogP contribution in [0.5, 0.6) is 0 Å². The third kappa shape index (κ3) is 3.99. The number of hydrogen-bond donors (Lipinski definition) is 2. The molecule has 7 nitrogen and oxygen atoms in total. The molecule has 0 bridgehead atoms. The second-order valence-corrected chi connectivity index (χ2v) is 6.82. The first-order valence-corrected chi connectivity index (χ1v) is 8.64. The molecule has 7 heteroatoms. The Morgan fingerprint density at radius 2 is 2.32 bits per heavy atom. The average molecular weight is 342 g/mol. The lowest BCUT2D eigenvalue weighted by atomic mass is 9.94. The number of nitrogens with one attached hydrogen (secondary N) is 2. The smallest absolute Gasteiger partial charge is 0.317 e. The van der Waals surface area contributed by atoms with Crippen molar-refractivity contribution >= 4 is 6.03 Å². The summed E-state index contributed by atoms with van der Waals surface area (Å²) in [6.07, 6.45) is 6.56. The van der Waals surface area contributed by atoms with E-state index in [1.807, 2.05) is 26.2 Å². The number of nitrogens with zero attached hydrogens (tertiary/aromatic N) is 4. The van der Waals surface area contributed by atoms with E-state index in [0.717, 1.165) is 30.8 Å². The fourth-order valence-electron chi connectivity index (χ4n) is 3.59. The number of amides is 2. The van der Waals surface area contributed by atoms with Crippen LogP contribution >= 0.6 is 0 Å². The van der Waals surface area contributed by atoms with Crippen molar-refractivity contribution in [3.8, 4) is 0 Å². The summed E-state index contributed by atoms with van der Waals surface area (Å²) in [5.41, 5.74) is 3.21. The number of H-pyrrole nitrogens is 1. The third-order valence-corrected chi connectivity index (χ3v) is 5.02. The highest BCUT2D eigenvalue weighted by atomic mass is 16.2. The molecule has 2 N–H and O–H groups in total. The zero-order valence-corrected chi connectivity index (χ0v) is 15.1. The Hall–Kier alpha value is -2.41. The van der Waals surface area contributed by atoms with Crippen molar-refractivity contribution in [1.29, 1.82) is 0 Å². The molecule has 2 aromatic heterocycles. The molecule has 0 spiro atoms. The van der Waals surface area contributed by atoms with E-state index in [2.05, 4.69) is 38.5 Å². The Bertz CT molecular complexity index is 701. The molecule has 2 atom stereocenters. The highest BCUT2D eigenvalue weighted by Crippen LogP contribution is 2.36. The number of likely N-dealkylation sites (tertiary alicyclic amines) is 1. The fraction of sp³-hybridized carbons (Fsp3) is 0.500. The Kier molecular flexibility index (Phi) is 5.33. The van der Waals surface area contributed by atoms with E-state index in [4.69, 9.17) is 0 Å². The molecular formula is C18H26N6O. The van der Waals surface area contributed by atoms with Crippen molar-refractivity contribution in [2.75, 3.05) is 27.2 Å². The summed E-state index contributed by atoms with van der Waals surface area (Å²) in [5.74, 6) is 0.403. The van der Waals surface area contributed by atoms with Crippen LogP contribution in [0.1, 0.15) is 29.3 Å². The van der Waals surface area contributed by atoms with Gasteiger partial charge in [-0.3, -0.25) is 15.0 Å². The molecule has 1 aliphatic rings. The van der Waals surface area contributed by atoms with Gasteiger partial charge in [-0.15, -0.1) is 0 Å². The number of pyridine rings is 1. The highest BCUT2D eigenvalue weighted by molar-refractivity contribution is 5.73. The molecule has 2 amide bonds. The van der Waals surface area contributed by atoms with Gasteiger partial charge in [0.2, 0.25) is 0 Å². The first-order valence-electron chi connectivity index (χ1n) is 8.64. The van der Waals surface area contributed by atoms with Gasteiger partial charge in [0.1, 0.15) is 0 Å². The lowest BCUT2D eigenvalue weighted by Gasteiger charge is -2.28. The second kappa shape index (κ2) is 7.65. The Labute approximate surface area is 148 Å². The summed E-state index contributed by atoms with van der Waals surface area (Å²) in [4.78, 5) is 20.8. The van der Waals surface area contributed by atoms with E-state index in [9.17, 15) is 4.79 Å². The summed E-state index contributed by atoms with van der Waals surface area (Å²) in [5, 5.41) is 9.83. The minimum Gasteiger partial charge on any atom is -0.334 e. The number of carbonyl (C=O) groups is 1. The zero-order valence-electron chi connectivity index (χ0n) is 15.1. The van der Waals surface area contributed by atoms with Gasteiger partial charge in [0, 0.05) is 49.8 Å². The van der Waals surface area contributed by atoms with Gasteiger partial charge >= 0.3 is 6.03 Å². The first-order chi connectivity index (χ1) is 12.1. The highest BCUT2D eigenvalue weighted by Gasteiger charge is 2.34. The molecule has 2 aromatic rings. The largest absolute Gasteiger partial charge is 0.334 e. The standard InChI is InChI=1S/C18H26N6O/c1-13-16(11-21-22-13)10-20-18(25)24(3)12-15-6-8-23(2)17(15)14-5-4-7-19-9-14/h4-5,7,9,11,15,17H,6,8,10,12H2,1-3H3,(H,20,25)(H,21,22)/t15-,17-/m0/s1. The molecule has 134 valence electrons. The molecule has 3 rings (SSSR count). The molecule has 1 fully saturated rings. The van der Waals surface area contributed by atoms with Gasteiger partial charge in [-0.1, -0.05) is 6.07 Å². The molecule has 0 aromatic carbocycles. The van der Waals surface area contributed by atoms with Gasteiger partial charge in [0.05, 0.1) is 6.20 Å². The van der Waals surface area contributed by atoms with Crippen molar-refractivity contribution < 1.29 is 4.79 Å². The zero-order chi connectivity index (χ0) is 17.8. The lowest BCUT2D eigenvalue weighted by molar-refractivity contribution is 0.189. The summed E-state index contributed by atoms with van der Waals surface area (Å²) in [6, 6.07) is 4.34. The summed E-state index contributed by atoms with van der Waals surface area (Å²) in [6.45, 7) is 4.20. The Morgan fingerprint density at radius 3 is 3.00 bits per heavy atom. The van der Waals surface area contributed by atoms with Crippen LogP contribution in [0.25, 0.3) is 0 Å². The quantitative estimate of drug-likeness (QED) is 0.871. The predicted octanol–water partition coefficient (Wildman–Crippen LogP) is 1.95. The summed E-state index contributed by atoms with van der Waals surface area (Å²) >= 11 is 0. The van der Waals surface area contributed by atoms with Crippen LogP contribution in [0.4, 0.5) is 4.79 Å². The maximum absolute atomic E-state index is 12.4. The van der Waals surface area contributed by atoms with Crippen molar-refractivity contribution in [1.82, 2.24) is 30.3 Å². The van der Waals surface area contributed by atoms with Crippen LogP contribution in [0.3, 0.4) is 0 Å². The van der Waals surface area contributed by atoms with Gasteiger partial charge in [-0.05, 0) is 44.5 Å². The van der Waals surface area contributed by atoms with E-state index in [1.54, 1.807) is 17.3 Å². The number of hydrogen-bond acceptors (Lipinski definition) is 4. The number of aromatic nitrogens is 3. The minimum atomic E-state index is -0.0555. The maximum Gasteiger partial charge on any atom is 0.317 e. The van der Waals surface area contributed by atoms with Crippen molar-refractivity contribution in [2.45, 2.75) is 25.9 Å². The number of aromatic amines is 1. The van der Waals surface area contributed by atoms with Crippen LogP contribution in [-0.4, -0.2) is 58.2 Å². The van der Waals surface area contributed by atoms with Crippen LogP contribution in [-0.2, 0) is 6.54 Å².